The zero-order chi connectivity index (χ0) is 18.1. The number of likely N-dealkylation sites (tertiary alicyclic amines) is 1. The summed E-state index contributed by atoms with van der Waals surface area (Å²) < 4.78 is 5.32. The number of anilines is 1. The van der Waals surface area contributed by atoms with Gasteiger partial charge in [0.05, 0.1) is 12.6 Å². The number of hydrogen-bond donors (Lipinski definition) is 2. The Hall–Kier alpha value is -1.79. The van der Waals surface area contributed by atoms with Crippen LogP contribution in [-0.2, 0) is 9.53 Å². The maximum Gasteiger partial charge on any atom is 0.411 e. The molecule has 24 heavy (non-hydrogen) atoms. The third-order valence-electron chi connectivity index (χ3n) is 3.67. The molecule has 6 nitrogen and oxygen atoms in total. The molecule has 2 rings (SSSR count). The van der Waals surface area contributed by atoms with E-state index in [1.807, 2.05) is 6.92 Å². The molecule has 0 unspecified atom stereocenters. The van der Waals surface area contributed by atoms with Crippen LogP contribution in [0, 0.1) is 6.92 Å². The van der Waals surface area contributed by atoms with E-state index in [-0.39, 0.29) is 18.9 Å². The summed E-state index contributed by atoms with van der Waals surface area (Å²) in [5, 5.41) is 13.2. The molecule has 0 bridgehead atoms. The Morgan fingerprint density at radius 2 is 2.04 bits per heavy atom. The van der Waals surface area contributed by atoms with Gasteiger partial charge in [-0.3, -0.25) is 9.69 Å². The Morgan fingerprint density at radius 1 is 1.38 bits per heavy atom. The average molecular weight is 355 g/mol. The Kier molecular flexibility index (Phi) is 5.40. The van der Waals surface area contributed by atoms with Crippen molar-refractivity contribution in [1.29, 1.82) is 0 Å². The first-order valence-electron chi connectivity index (χ1n) is 7.81. The fourth-order valence-electron chi connectivity index (χ4n) is 2.53. The summed E-state index contributed by atoms with van der Waals surface area (Å²) in [5.74, 6) is -0.372. The minimum absolute atomic E-state index is 0.0710. The van der Waals surface area contributed by atoms with Gasteiger partial charge in [-0.1, -0.05) is 17.7 Å². The zero-order valence-electron chi connectivity index (χ0n) is 14.3. The number of hydrogen-bond acceptors (Lipinski definition) is 4. The van der Waals surface area contributed by atoms with Crippen molar-refractivity contribution in [2.45, 2.75) is 51.9 Å². The van der Waals surface area contributed by atoms with Gasteiger partial charge in [-0.15, -0.1) is 0 Å². The molecule has 0 aliphatic carbocycles. The van der Waals surface area contributed by atoms with Crippen LogP contribution in [0.4, 0.5) is 10.5 Å². The molecule has 2 N–H and O–H groups in total. The maximum atomic E-state index is 12.6. The van der Waals surface area contributed by atoms with E-state index < -0.39 is 23.8 Å². The molecule has 1 aromatic rings. The molecule has 1 aromatic carbocycles. The highest BCUT2D eigenvalue weighted by atomic mass is 35.5. The number of aliphatic hydroxyl groups is 1. The van der Waals surface area contributed by atoms with Crippen LogP contribution < -0.4 is 5.32 Å². The van der Waals surface area contributed by atoms with Crippen LogP contribution >= 0.6 is 11.6 Å². The lowest BCUT2D eigenvalue weighted by Gasteiger charge is -2.28. The number of nitrogens with zero attached hydrogens (tertiary/aromatic N) is 1. The summed E-state index contributed by atoms with van der Waals surface area (Å²) in [6.07, 6.45) is -1.19. The van der Waals surface area contributed by atoms with E-state index in [1.165, 1.54) is 4.90 Å². The number of rotatable bonds is 2. The predicted octanol–water partition coefficient (Wildman–Crippen LogP) is 2.96. The number of nitrogens with one attached hydrogen (secondary N) is 1. The highest BCUT2D eigenvalue weighted by Crippen LogP contribution is 2.25. The van der Waals surface area contributed by atoms with Crippen LogP contribution in [0.25, 0.3) is 0 Å². The molecular weight excluding hydrogens is 332 g/mol. The van der Waals surface area contributed by atoms with Crippen LogP contribution in [-0.4, -0.2) is 46.3 Å². The monoisotopic (exact) mass is 354 g/mol. The number of β-amino-alcohol motifs (C(OH)–C–C–N with tert-alkyl or cyclic N) is 1. The summed E-state index contributed by atoms with van der Waals surface area (Å²) in [4.78, 5) is 26.1. The summed E-state index contributed by atoms with van der Waals surface area (Å²) >= 11 is 5.96. The maximum absolute atomic E-state index is 12.6. The molecular formula is C17H23ClN2O4. The Labute approximate surface area is 146 Å². The molecule has 1 saturated heterocycles. The first-order valence-corrected chi connectivity index (χ1v) is 8.19. The number of amides is 2. The molecule has 1 fully saturated rings. The molecule has 1 heterocycles. The molecule has 1 aliphatic rings. The zero-order valence-corrected chi connectivity index (χ0v) is 15.1. The lowest BCUT2D eigenvalue weighted by Crippen LogP contribution is -2.45. The highest BCUT2D eigenvalue weighted by molar-refractivity contribution is 6.31. The van der Waals surface area contributed by atoms with Gasteiger partial charge in [-0.05, 0) is 45.4 Å². The van der Waals surface area contributed by atoms with Crippen LogP contribution in [0.2, 0.25) is 5.02 Å². The van der Waals surface area contributed by atoms with Crippen molar-refractivity contribution in [2.24, 2.45) is 0 Å². The average Bonchev–Trinajstić information content (AvgIpc) is 2.83. The van der Waals surface area contributed by atoms with E-state index in [1.54, 1.807) is 39.0 Å². The van der Waals surface area contributed by atoms with Crippen molar-refractivity contribution in [2.75, 3.05) is 11.9 Å². The van der Waals surface area contributed by atoms with Gasteiger partial charge >= 0.3 is 6.09 Å². The molecule has 132 valence electrons. The summed E-state index contributed by atoms with van der Waals surface area (Å²) in [7, 11) is 0. The topological polar surface area (TPSA) is 78.9 Å². The van der Waals surface area contributed by atoms with E-state index in [2.05, 4.69) is 5.32 Å². The van der Waals surface area contributed by atoms with E-state index in [9.17, 15) is 14.7 Å². The number of ether oxygens (including phenoxy) is 1. The second kappa shape index (κ2) is 6.99. The van der Waals surface area contributed by atoms with Crippen LogP contribution in [0.1, 0.15) is 32.8 Å². The van der Waals surface area contributed by atoms with Gasteiger partial charge in [0.25, 0.3) is 0 Å². The minimum Gasteiger partial charge on any atom is -0.444 e. The van der Waals surface area contributed by atoms with Gasteiger partial charge in [-0.25, -0.2) is 4.79 Å². The van der Waals surface area contributed by atoms with Crippen molar-refractivity contribution in [3.05, 3.63) is 28.8 Å². The Bertz CT molecular complexity index is 642. The van der Waals surface area contributed by atoms with Crippen molar-refractivity contribution in [1.82, 2.24) is 4.90 Å². The van der Waals surface area contributed by atoms with Crippen LogP contribution in [0.5, 0.6) is 0 Å². The van der Waals surface area contributed by atoms with Gasteiger partial charge in [0.15, 0.2) is 0 Å². The van der Waals surface area contributed by atoms with Crippen molar-refractivity contribution < 1.29 is 19.4 Å². The normalized spacial score (nSPS) is 20.8. The molecule has 0 radical (unpaired) electrons. The molecule has 2 amide bonds. The van der Waals surface area contributed by atoms with Gasteiger partial charge in [0, 0.05) is 17.1 Å². The molecule has 2 atom stereocenters. The molecule has 0 saturated carbocycles. The largest absolute Gasteiger partial charge is 0.444 e. The highest BCUT2D eigenvalue weighted by Gasteiger charge is 2.41. The predicted molar refractivity (Wildman–Crippen MR) is 92.2 cm³/mol. The molecule has 1 aliphatic heterocycles. The first kappa shape index (κ1) is 18.5. The standard InChI is InChI=1S/C17H23ClN2O4/c1-10-5-6-11(18)7-13(10)19-15(22)14-8-12(21)9-20(14)16(23)24-17(2,3)4/h5-7,12,14,21H,8-9H2,1-4H3,(H,19,22)/t12-,14-/m0/s1. The van der Waals surface area contributed by atoms with E-state index in [4.69, 9.17) is 16.3 Å². The first-order chi connectivity index (χ1) is 11.1. The number of aryl methyl sites for hydroxylation is 1. The van der Waals surface area contributed by atoms with Crippen molar-refractivity contribution >= 4 is 29.3 Å². The fraction of sp³-hybridized carbons (Fsp3) is 0.529. The molecule has 0 aromatic heterocycles. The number of halogens is 1. The summed E-state index contributed by atoms with van der Waals surface area (Å²) in [6.45, 7) is 7.17. The lowest BCUT2D eigenvalue weighted by molar-refractivity contribution is -0.120. The molecule has 7 heteroatoms. The Balaban J connectivity index is 2.14. The van der Waals surface area contributed by atoms with E-state index >= 15 is 0 Å². The third-order valence-corrected chi connectivity index (χ3v) is 3.90. The smallest absolute Gasteiger partial charge is 0.411 e. The van der Waals surface area contributed by atoms with Gasteiger partial charge < -0.3 is 15.2 Å². The number of aliphatic hydroxyl groups excluding tert-OH is 1. The third kappa shape index (κ3) is 4.61. The quantitative estimate of drug-likeness (QED) is 0.855. The van der Waals surface area contributed by atoms with Gasteiger partial charge in [0.2, 0.25) is 5.91 Å². The van der Waals surface area contributed by atoms with Crippen molar-refractivity contribution in [3.63, 3.8) is 0 Å². The van der Waals surface area contributed by atoms with Crippen LogP contribution in [0.3, 0.4) is 0 Å². The van der Waals surface area contributed by atoms with Crippen molar-refractivity contribution in [3.8, 4) is 0 Å². The summed E-state index contributed by atoms with van der Waals surface area (Å²) in [5.41, 5.74) is 0.767. The second-order valence-electron chi connectivity index (χ2n) is 6.99. The minimum atomic E-state index is -0.784. The lowest BCUT2D eigenvalue weighted by atomic mass is 10.1. The molecule has 0 spiro atoms. The number of carbonyl (C=O) groups is 2. The van der Waals surface area contributed by atoms with Gasteiger partial charge in [-0.2, -0.15) is 0 Å². The van der Waals surface area contributed by atoms with E-state index in [0.717, 1.165) is 5.56 Å². The SMILES string of the molecule is Cc1ccc(Cl)cc1NC(=O)[C@@H]1C[C@H](O)CN1C(=O)OC(C)(C)C. The van der Waals surface area contributed by atoms with Gasteiger partial charge in [0.1, 0.15) is 11.6 Å². The van der Waals surface area contributed by atoms with Crippen LogP contribution in [0.15, 0.2) is 18.2 Å². The summed E-state index contributed by atoms with van der Waals surface area (Å²) in [6, 6.07) is 4.40. The second-order valence-corrected chi connectivity index (χ2v) is 7.42. The van der Waals surface area contributed by atoms with E-state index in [0.29, 0.717) is 10.7 Å². The number of carbonyl (C=O) groups excluding carboxylic acids is 2. The number of benzene rings is 1. The Morgan fingerprint density at radius 3 is 2.67 bits per heavy atom. The fourth-order valence-corrected chi connectivity index (χ4v) is 2.70.